The summed E-state index contributed by atoms with van der Waals surface area (Å²) in [7, 11) is 3.18. The molecule has 0 amide bonds. The lowest BCUT2D eigenvalue weighted by atomic mass is 9.78. The number of methoxy groups -OCH3 is 2. The van der Waals surface area contributed by atoms with E-state index in [2.05, 4.69) is 0 Å². The SMILES string of the molecule is CCOC1CC(CC(Cl)c2ccc(OC)c(Cl)c2OC)C1. The van der Waals surface area contributed by atoms with E-state index in [0.717, 1.165) is 31.4 Å². The molecule has 0 spiro atoms. The lowest BCUT2D eigenvalue weighted by Gasteiger charge is -2.36. The molecule has 0 heterocycles. The number of benzene rings is 1. The molecule has 1 saturated carbocycles. The number of rotatable bonds is 7. The molecule has 0 N–H and O–H groups in total. The summed E-state index contributed by atoms with van der Waals surface area (Å²) in [5.74, 6) is 1.81. The molecule has 0 aliphatic heterocycles. The zero-order chi connectivity index (χ0) is 15.4. The molecule has 3 nitrogen and oxygen atoms in total. The van der Waals surface area contributed by atoms with Gasteiger partial charge in [-0.3, -0.25) is 0 Å². The van der Waals surface area contributed by atoms with Crippen molar-refractivity contribution in [2.24, 2.45) is 5.92 Å². The molecule has 21 heavy (non-hydrogen) atoms. The van der Waals surface area contributed by atoms with Gasteiger partial charge in [0, 0.05) is 12.2 Å². The Balaban J connectivity index is 2.03. The molecular formula is C16H22Cl2O3. The van der Waals surface area contributed by atoms with Crippen molar-refractivity contribution in [1.29, 1.82) is 0 Å². The van der Waals surface area contributed by atoms with Crippen LogP contribution < -0.4 is 9.47 Å². The summed E-state index contributed by atoms with van der Waals surface area (Å²) in [5, 5.41) is 0.361. The van der Waals surface area contributed by atoms with Crippen molar-refractivity contribution in [1.82, 2.24) is 0 Å². The van der Waals surface area contributed by atoms with E-state index in [4.69, 9.17) is 37.4 Å². The fourth-order valence-electron chi connectivity index (χ4n) is 2.82. The monoisotopic (exact) mass is 332 g/mol. The van der Waals surface area contributed by atoms with Crippen molar-refractivity contribution in [3.05, 3.63) is 22.7 Å². The lowest BCUT2D eigenvalue weighted by molar-refractivity contribution is -0.0267. The Morgan fingerprint density at radius 3 is 2.52 bits per heavy atom. The smallest absolute Gasteiger partial charge is 0.145 e. The van der Waals surface area contributed by atoms with Crippen LogP contribution >= 0.6 is 23.2 Å². The third kappa shape index (κ3) is 3.77. The van der Waals surface area contributed by atoms with E-state index in [-0.39, 0.29) is 5.38 Å². The molecule has 118 valence electrons. The number of alkyl halides is 1. The molecule has 1 unspecified atom stereocenters. The van der Waals surface area contributed by atoms with E-state index in [1.54, 1.807) is 14.2 Å². The predicted octanol–water partition coefficient (Wildman–Crippen LogP) is 4.84. The molecule has 1 aromatic carbocycles. The molecule has 0 bridgehead atoms. The van der Waals surface area contributed by atoms with E-state index in [9.17, 15) is 0 Å². The highest BCUT2D eigenvalue weighted by atomic mass is 35.5. The van der Waals surface area contributed by atoms with Gasteiger partial charge < -0.3 is 14.2 Å². The maximum absolute atomic E-state index is 6.57. The van der Waals surface area contributed by atoms with Gasteiger partial charge in [-0.25, -0.2) is 0 Å². The standard InChI is InChI=1S/C16H22Cl2O3/c1-4-21-11-7-10(8-11)9-13(17)12-5-6-14(19-2)15(18)16(12)20-3/h5-6,10-11,13H,4,7-9H2,1-3H3. The van der Waals surface area contributed by atoms with Crippen molar-refractivity contribution in [3.63, 3.8) is 0 Å². The maximum atomic E-state index is 6.57. The summed E-state index contributed by atoms with van der Waals surface area (Å²) < 4.78 is 16.2. The van der Waals surface area contributed by atoms with Crippen LogP contribution in [-0.4, -0.2) is 26.9 Å². The Bertz CT molecular complexity index is 473. The number of halogens is 2. The highest BCUT2D eigenvalue weighted by molar-refractivity contribution is 6.34. The second-order valence-corrected chi connectivity index (χ2v) is 6.23. The zero-order valence-corrected chi connectivity index (χ0v) is 14.2. The van der Waals surface area contributed by atoms with Crippen LogP contribution in [0, 0.1) is 5.92 Å². The summed E-state index contributed by atoms with van der Waals surface area (Å²) in [6.07, 6.45) is 3.49. The topological polar surface area (TPSA) is 27.7 Å². The Hall–Kier alpha value is -0.640. The van der Waals surface area contributed by atoms with Crippen molar-refractivity contribution < 1.29 is 14.2 Å². The maximum Gasteiger partial charge on any atom is 0.145 e. The summed E-state index contributed by atoms with van der Waals surface area (Å²) >= 11 is 12.8. The molecule has 0 saturated heterocycles. The molecule has 1 aliphatic rings. The van der Waals surface area contributed by atoms with E-state index < -0.39 is 0 Å². The number of hydrogen-bond acceptors (Lipinski definition) is 3. The third-order valence-corrected chi connectivity index (χ3v) is 4.76. The van der Waals surface area contributed by atoms with Crippen LogP contribution in [0.5, 0.6) is 11.5 Å². The van der Waals surface area contributed by atoms with Crippen molar-refractivity contribution in [2.75, 3.05) is 20.8 Å². The minimum absolute atomic E-state index is 0.115. The highest BCUT2D eigenvalue weighted by Crippen LogP contribution is 2.45. The van der Waals surface area contributed by atoms with Gasteiger partial charge in [-0.1, -0.05) is 17.7 Å². The molecule has 1 atom stereocenters. The fourth-order valence-corrected chi connectivity index (χ4v) is 3.57. The van der Waals surface area contributed by atoms with Gasteiger partial charge in [-0.15, -0.1) is 11.6 Å². The van der Waals surface area contributed by atoms with Gasteiger partial charge in [-0.2, -0.15) is 0 Å². The average molecular weight is 333 g/mol. The first-order chi connectivity index (χ1) is 10.1. The lowest BCUT2D eigenvalue weighted by Crippen LogP contribution is -2.31. The van der Waals surface area contributed by atoms with Crippen LogP contribution in [0.3, 0.4) is 0 Å². The largest absolute Gasteiger partial charge is 0.495 e. The highest BCUT2D eigenvalue weighted by Gasteiger charge is 2.32. The summed E-state index contributed by atoms with van der Waals surface area (Å²) in [6.45, 7) is 2.81. The molecule has 0 radical (unpaired) electrons. The van der Waals surface area contributed by atoms with Crippen LogP contribution in [0.25, 0.3) is 0 Å². The second-order valence-electron chi connectivity index (χ2n) is 5.32. The van der Waals surface area contributed by atoms with Gasteiger partial charge in [0.1, 0.15) is 16.5 Å². The molecule has 1 aliphatic carbocycles. The second kappa shape index (κ2) is 7.57. The Labute approximate surface area is 136 Å². The molecule has 2 rings (SSSR count). The van der Waals surface area contributed by atoms with Crippen molar-refractivity contribution in [3.8, 4) is 11.5 Å². The van der Waals surface area contributed by atoms with Gasteiger partial charge in [-0.05, 0) is 38.2 Å². The molecule has 5 heteroatoms. The Morgan fingerprint density at radius 2 is 1.95 bits per heavy atom. The number of ether oxygens (including phenoxy) is 3. The summed E-state index contributed by atoms with van der Waals surface area (Å²) in [4.78, 5) is 0. The molecular weight excluding hydrogens is 311 g/mol. The Kier molecular flexibility index (Phi) is 6.03. The quantitative estimate of drug-likeness (QED) is 0.668. The average Bonchev–Trinajstić information content (AvgIpc) is 2.44. The number of hydrogen-bond donors (Lipinski definition) is 0. The van der Waals surface area contributed by atoms with Gasteiger partial charge in [0.05, 0.1) is 25.7 Å². The minimum atomic E-state index is -0.115. The van der Waals surface area contributed by atoms with Crippen LogP contribution in [-0.2, 0) is 4.74 Å². The summed E-state index contributed by atoms with van der Waals surface area (Å²) in [5.41, 5.74) is 0.921. The van der Waals surface area contributed by atoms with Crippen LogP contribution in [0.4, 0.5) is 0 Å². The molecule has 1 fully saturated rings. The molecule has 0 aromatic heterocycles. The van der Waals surface area contributed by atoms with Gasteiger partial charge in [0.15, 0.2) is 0 Å². The first-order valence-electron chi connectivity index (χ1n) is 7.26. The van der Waals surface area contributed by atoms with E-state index in [0.29, 0.717) is 28.5 Å². The predicted molar refractivity (Wildman–Crippen MR) is 85.9 cm³/mol. The van der Waals surface area contributed by atoms with Gasteiger partial charge >= 0.3 is 0 Å². The van der Waals surface area contributed by atoms with Gasteiger partial charge in [0.2, 0.25) is 0 Å². The first kappa shape index (κ1) is 16.7. The van der Waals surface area contributed by atoms with Gasteiger partial charge in [0.25, 0.3) is 0 Å². The normalized spacial score (nSPS) is 22.5. The van der Waals surface area contributed by atoms with Crippen molar-refractivity contribution >= 4 is 23.2 Å². The zero-order valence-electron chi connectivity index (χ0n) is 12.7. The van der Waals surface area contributed by atoms with Crippen LogP contribution in [0.1, 0.15) is 37.1 Å². The minimum Gasteiger partial charge on any atom is -0.495 e. The van der Waals surface area contributed by atoms with E-state index >= 15 is 0 Å². The fraction of sp³-hybridized carbons (Fsp3) is 0.625. The van der Waals surface area contributed by atoms with E-state index in [1.165, 1.54) is 0 Å². The molecule has 1 aromatic rings. The van der Waals surface area contributed by atoms with E-state index in [1.807, 2.05) is 19.1 Å². The third-order valence-electron chi connectivity index (χ3n) is 3.99. The summed E-state index contributed by atoms with van der Waals surface area (Å²) in [6, 6.07) is 3.76. The Morgan fingerprint density at radius 1 is 1.24 bits per heavy atom. The van der Waals surface area contributed by atoms with Crippen molar-refractivity contribution in [2.45, 2.75) is 37.7 Å². The first-order valence-corrected chi connectivity index (χ1v) is 8.08. The van der Waals surface area contributed by atoms with Crippen LogP contribution in [0.15, 0.2) is 12.1 Å². The van der Waals surface area contributed by atoms with Crippen LogP contribution in [0.2, 0.25) is 5.02 Å².